The molecule has 1 N–H and O–H groups in total. The Morgan fingerprint density at radius 3 is 3.00 bits per heavy atom. The first-order valence-electron chi connectivity index (χ1n) is 6.15. The molecular weight excluding hydrogens is 216 g/mol. The zero-order valence-electron chi connectivity index (χ0n) is 10.1. The highest BCUT2D eigenvalue weighted by Crippen LogP contribution is 2.30. The molecule has 0 aliphatic carbocycles. The van der Waals surface area contributed by atoms with E-state index in [0.29, 0.717) is 6.04 Å². The highest BCUT2D eigenvalue weighted by Gasteiger charge is 2.22. The maximum Gasteiger partial charge on any atom is 0.106 e. The summed E-state index contributed by atoms with van der Waals surface area (Å²) in [6.07, 6.45) is 6.05. The molecule has 0 saturated carbocycles. The molecule has 1 fully saturated rings. The van der Waals surface area contributed by atoms with Crippen LogP contribution in [0.15, 0.2) is 12.3 Å². The number of hydrogen-bond donors (Lipinski definition) is 1. The molecule has 2 heterocycles. The maximum absolute atomic E-state index is 5.20. The Labute approximate surface area is 103 Å². The van der Waals surface area contributed by atoms with Crippen molar-refractivity contribution in [3.05, 3.63) is 28.0 Å². The van der Waals surface area contributed by atoms with Gasteiger partial charge >= 0.3 is 0 Å². The predicted molar refractivity (Wildman–Crippen MR) is 70.2 cm³/mol. The summed E-state index contributed by atoms with van der Waals surface area (Å²) in [5, 5.41) is 0. The van der Waals surface area contributed by atoms with Crippen LogP contribution in [0.3, 0.4) is 0 Å². The minimum Gasteiger partial charge on any atom is -0.352 e. The molecule has 1 aromatic rings. The molecule has 3 heteroatoms. The van der Waals surface area contributed by atoms with Gasteiger partial charge in [0.15, 0.2) is 0 Å². The largest absolute Gasteiger partial charge is 0.352 e. The van der Waals surface area contributed by atoms with Gasteiger partial charge in [-0.2, -0.15) is 0 Å². The van der Waals surface area contributed by atoms with E-state index in [2.05, 4.69) is 36.0 Å². The summed E-state index contributed by atoms with van der Waals surface area (Å²) in [6.45, 7) is 6.70. The van der Waals surface area contributed by atoms with Gasteiger partial charge in [0.25, 0.3) is 0 Å². The monoisotopic (exact) mass is 236 g/mol. The van der Waals surface area contributed by atoms with Crippen molar-refractivity contribution in [2.75, 3.05) is 13.1 Å². The van der Waals surface area contributed by atoms with Gasteiger partial charge in [-0.15, -0.1) is 0 Å². The van der Waals surface area contributed by atoms with Crippen LogP contribution in [0, 0.1) is 11.6 Å². The summed E-state index contributed by atoms with van der Waals surface area (Å²) in [5.74, 6) is 0. The Balaban J connectivity index is 2.27. The van der Waals surface area contributed by atoms with Gasteiger partial charge in [-0.1, -0.05) is 31.6 Å². The van der Waals surface area contributed by atoms with Crippen molar-refractivity contribution in [3.63, 3.8) is 0 Å². The second-order valence-corrected chi connectivity index (χ2v) is 4.99. The van der Waals surface area contributed by atoms with E-state index in [1.807, 2.05) is 0 Å². The predicted octanol–water partition coefficient (Wildman–Crippen LogP) is 3.60. The van der Waals surface area contributed by atoms with E-state index in [-0.39, 0.29) is 0 Å². The van der Waals surface area contributed by atoms with Gasteiger partial charge in [0.05, 0.1) is 0 Å². The quantitative estimate of drug-likeness (QED) is 0.791. The van der Waals surface area contributed by atoms with E-state index in [4.69, 9.17) is 12.2 Å². The van der Waals surface area contributed by atoms with E-state index in [1.54, 1.807) is 0 Å². The van der Waals surface area contributed by atoms with Crippen LogP contribution in [0.4, 0.5) is 0 Å². The highest BCUT2D eigenvalue weighted by molar-refractivity contribution is 7.71. The Morgan fingerprint density at radius 2 is 2.31 bits per heavy atom. The van der Waals surface area contributed by atoms with Crippen LogP contribution >= 0.6 is 12.2 Å². The first-order valence-corrected chi connectivity index (χ1v) is 6.56. The molecule has 1 aliphatic rings. The van der Waals surface area contributed by atoms with Crippen molar-refractivity contribution in [1.29, 1.82) is 0 Å². The number of nitrogens with one attached hydrogen (secondary N) is 1. The minimum absolute atomic E-state index is 0.587. The van der Waals surface area contributed by atoms with Crippen LogP contribution in [-0.4, -0.2) is 23.0 Å². The average molecular weight is 236 g/mol. The van der Waals surface area contributed by atoms with Crippen molar-refractivity contribution in [3.8, 4) is 0 Å². The number of pyridine rings is 1. The lowest BCUT2D eigenvalue weighted by Gasteiger charge is -2.35. The molecule has 88 valence electrons. The second kappa shape index (κ2) is 5.11. The third-order valence-electron chi connectivity index (χ3n) is 3.52. The van der Waals surface area contributed by atoms with E-state index >= 15 is 0 Å². The molecule has 0 radical (unpaired) electrons. The Morgan fingerprint density at radius 1 is 1.50 bits per heavy atom. The third-order valence-corrected chi connectivity index (χ3v) is 3.96. The van der Waals surface area contributed by atoms with Gasteiger partial charge in [0.2, 0.25) is 0 Å². The van der Waals surface area contributed by atoms with Crippen molar-refractivity contribution >= 4 is 12.2 Å². The lowest BCUT2D eigenvalue weighted by Crippen LogP contribution is -2.33. The van der Waals surface area contributed by atoms with Gasteiger partial charge in [-0.3, -0.25) is 4.90 Å². The molecule has 0 bridgehead atoms. The van der Waals surface area contributed by atoms with Crippen molar-refractivity contribution in [2.24, 2.45) is 0 Å². The number of hydrogen-bond acceptors (Lipinski definition) is 2. The van der Waals surface area contributed by atoms with Gasteiger partial charge in [-0.05, 0) is 44.0 Å². The number of aryl methyl sites for hydroxylation is 1. The Hall–Kier alpha value is -0.670. The van der Waals surface area contributed by atoms with E-state index < -0.39 is 0 Å². The van der Waals surface area contributed by atoms with Gasteiger partial charge in [-0.25, -0.2) is 0 Å². The molecule has 0 aromatic carbocycles. The molecule has 1 unspecified atom stereocenters. The molecule has 16 heavy (non-hydrogen) atoms. The minimum atomic E-state index is 0.587. The van der Waals surface area contributed by atoms with Gasteiger partial charge < -0.3 is 4.98 Å². The molecule has 2 rings (SSSR count). The number of likely N-dealkylation sites (tertiary alicyclic amines) is 1. The summed E-state index contributed by atoms with van der Waals surface area (Å²) in [4.78, 5) is 5.76. The fourth-order valence-electron chi connectivity index (χ4n) is 2.56. The van der Waals surface area contributed by atoms with Crippen LogP contribution < -0.4 is 0 Å². The number of rotatable bonds is 2. The molecule has 0 spiro atoms. The van der Waals surface area contributed by atoms with Crippen molar-refractivity contribution in [2.45, 2.75) is 39.2 Å². The molecule has 0 amide bonds. The smallest absolute Gasteiger partial charge is 0.106 e. The summed E-state index contributed by atoms with van der Waals surface area (Å²) in [6, 6.07) is 2.83. The summed E-state index contributed by atoms with van der Waals surface area (Å²) >= 11 is 5.20. The van der Waals surface area contributed by atoms with Crippen molar-refractivity contribution < 1.29 is 0 Å². The number of aromatic nitrogens is 1. The molecule has 2 nitrogen and oxygen atoms in total. The molecule has 1 aromatic heterocycles. The fraction of sp³-hybridized carbons (Fsp3) is 0.615. The molecule has 1 aliphatic heterocycles. The lowest BCUT2D eigenvalue weighted by atomic mass is 9.96. The molecule has 1 atom stereocenters. The second-order valence-electron chi connectivity index (χ2n) is 4.59. The Bertz CT molecular complexity index is 411. The zero-order valence-corrected chi connectivity index (χ0v) is 10.9. The zero-order chi connectivity index (χ0) is 11.5. The molecular formula is C13H20N2S. The fourth-order valence-corrected chi connectivity index (χ4v) is 2.68. The van der Waals surface area contributed by atoms with E-state index in [1.165, 1.54) is 36.9 Å². The lowest BCUT2D eigenvalue weighted by molar-refractivity contribution is 0.157. The normalized spacial score (nSPS) is 22.2. The van der Waals surface area contributed by atoms with Crippen LogP contribution in [0.1, 0.15) is 43.4 Å². The highest BCUT2D eigenvalue weighted by atomic mass is 32.1. The van der Waals surface area contributed by atoms with E-state index in [9.17, 15) is 0 Å². The maximum atomic E-state index is 5.20. The standard InChI is InChI=1S/C13H20N2S/c1-3-15-7-5-4-6-12(15)11-8-10(2)13(16)14-9-11/h8-9,12H,3-7H2,1-2H3,(H,14,16). The van der Waals surface area contributed by atoms with Gasteiger partial charge in [0.1, 0.15) is 4.64 Å². The van der Waals surface area contributed by atoms with E-state index in [0.717, 1.165) is 11.2 Å². The van der Waals surface area contributed by atoms with Crippen LogP contribution in [0.25, 0.3) is 0 Å². The first kappa shape index (κ1) is 11.8. The number of nitrogens with zero attached hydrogens (tertiary/aromatic N) is 1. The molecule has 1 saturated heterocycles. The summed E-state index contributed by atoms with van der Waals surface area (Å²) < 4.78 is 0.864. The van der Waals surface area contributed by atoms with Crippen LogP contribution in [0.2, 0.25) is 0 Å². The number of aromatic amines is 1. The number of piperidine rings is 1. The number of H-pyrrole nitrogens is 1. The van der Waals surface area contributed by atoms with Crippen LogP contribution in [-0.2, 0) is 0 Å². The Kier molecular flexibility index (Phi) is 3.77. The topological polar surface area (TPSA) is 19.0 Å². The SMILES string of the molecule is CCN1CCCCC1c1c[nH]c(=S)c(C)c1. The van der Waals surface area contributed by atoms with Crippen molar-refractivity contribution in [1.82, 2.24) is 9.88 Å². The third kappa shape index (κ3) is 2.36. The summed E-state index contributed by atoms with van der Waals surface area (Å²) in [5.41, 5.74) is 2.58. The first-order chi connectivity index (χ1) is 7.72. The average Bonchev–Trinajstić information content (AvgIpc) is 2.32. The summed E-state index contributed by atoms with van der Waals surface area (Å²) in [7, 11) is 0. The van der Waals surface area contributed by atoms with Gasteiger partial charge in [0, 0.05) is 12.2 Å². The van der Waals surface area contributed by atoms with Crippen LogP contribution in [0.5, 0.6) is 0 Å².